The molecule has 0 aromatic carbocycles. The molecule has 3 rings (SSSR count). The van der Waals surface area contributed by atoms with Crippen LogP contribution in [0.4, 0.5) is 11.8 Å². The van der Waals surface area contributed by atoms with Crippen molar-refractivity contribution in [2.75, 3.05) is 11.1 Å². The molecule has 1 fully saturated rings. The summed E-state index contributed by atoms with van der Waals surface area (Å²) in [6, 6.07) is 2.73. The van der Waals surface area contributed by atoms with Crippen molar-refractivity contribution in [1.82, 2.24) is 9.97 Å². The maximum atomic E-state index is 5.78. The third-order valence-corrected chi connectivity index (χ3v) is 4.70. The Morgan fingerprint density at radius 2 is 2.22 bits per heavy atom. The Balaban J connectivity index is 1.96. The molecule has 0 radical (unpaired) electrons. The highest BCUT2D eigenvalue weighted by molar-refractivity contribution is 7.18. The molecule has 0 saturated heterocycles. The summed E-state index contributed by atoms with van der Waals surface area (Å²) in [6.45, 7) is 4.43. The number of nitrogens with zero attached hydrogens (tertiary/aromatic N) is 2. The number of nitrogens with one attached hydrogen (secondary N) is 1. The van der Waals surface area contributed by atoms with Crippen LogP contribution in [-0.2, 0) is 6.42 Å². The minimum Gasteiger partial charge on any atom is -0.368 e. The number of aryl methyl sites for hydroxylation is 1. The van der Waals surface area contributed by atoms with Crippen molar-refractivity contribution in [2.24, 2.45) is 5.92 Å². The minimum absolute atomic E-state index is 0.363. The Bertz CT molecular complexity index is 572. The Hall–Kier alpha value is -1.36. The first-order valence-electron chi connectivity index (χ1n) is 6.48. The predicted octanol–water partition coefficient (Wildman–Crippen LogP) is 3.05. The van der Waals surface area contributed by atoms with Crippen LogP contribution in [0.15, 0.2) is 6.07 Å². The lowest BCUT2D eigenvalue weighted by molar-refractivity contribution is 0.309. The Morgan fingerprint density at radius 1 is 1.44 bits per heavy atom. The summed E-state index contributed by atoms with van der Waals surface area (Å²) in [7, 11) is 0. The third-order valence-electron chi connectivity index (χ3n) is 3.52. The zero-order chi connectivity index (χ0) is 12.7. The van der Waals surface area contributed by atoms with E-state index in [0.717, 1.165) is 28.4 Å². The van der Waals surface area contributed by atoms with Crippen molar-refractivity contribution in [3.63, 3.8) is 0 Å². The Kier molecular flexibility index (Phi) is 2.86. The lowest BCUT2D eigenvalue weighted by atomic mass is 9.82. The van der Waals surface area contributed by atoms with Gasteiger partial charge >= 0.3 is 0 Å². The predicted molar refractivity (Wildman–Crippen MR) is 77.0 cm³/mol. The molecule has 96 valence electrons. The van der Waals surface area contributed by atoms with Crippen molar-refractivity contribution in [3.05, 3.63) is 10.9 Å². The Morgan fingerprint density at radius 3 is 2.89 bits per heavy atom. The second kappa shape index (κ2) is 4.39. The zero-order valence-electron chi connectivity index (χ0n) is 10.7. The van der Waals surface area contributed by atoms with Crippen LogP contribution in [0, 0.1) is 5.92 Å². The number of fused-ring (bicyclic) bond motifs is 1. The SMILES string of the molecule is CCc1cc2c(NC3CC(C)C3)nc(N)nc2s1. The van der Waals surface area contributed by atoms with Crippen LogP contribution >= 0.6 is 11.3 Å². The maximum Gasteiger partial charge on any atom is 0.223 e. The lowest BCUT2D eigenvalue weighted by Crippen LogP contribution is -2.34. The van der Waals surface area contributed by atoms with E-state index in [-0.39, 0.29) is 0 Å². The molecule has 1 aliphatic rings. The van der Waals surface area contributed by atoms with Crippen molar-refractivity contribution in [1.29, 1.82) is 0 Å². The molecular weight excluding hydrogens is 244 g/mol. The standard InChI is InChI=1S/C13H18N4S/c1-3-9-6-10-11(15-8-4-7(2)5-8)16-13(14)17-12(10)18-9/h6-8H,3-5H2,1-2H3,(H3,14,15,16,17). The molecule has 4 nitrogen and oxygen atoms in total. The molecule has 1 saturated carbocycles. The molecule has 5 heteroatoms. The number of thiophene rings is 1. The largest absolute Gasteiger partial charge is 0.368 e. The molecule has 0 atom stereocenters. The van der Waals surface area contributed by atoms with Crippen LogP contribution in [0.1, 0.15) is 31.6 Å². The van der Waals surface area contributed by atoms with Gasteiger partial charge in [-0.05, 0) is 31.2 Å². The van der Waals surface area contributed by atoms with Crippen LogP contribution < -0.4 is 11.1 Å². The highest BCUT2D eigenvalue weighted by Gasteiger charge is 2.26. The zero-order valence-corrected chi connectivity index (χ0v) is 11.5. The normalized spacial score (nSPS) is 23.0. The summed E-state index contributed by atoms with van der Waals surface area (Å²) in [6.07, 6.45) is 3.47. The van der Waals surface area contributed by atoms with Gasteiger partial charge in [0.05, 0.1) is 5.39 Å². The molecule has 2 aromatic heterocycles. The molecule has 18 heavy (non-hydrogen) atoms. The first-order chi connectivity index (χ1) is 8.65. The summed E-state index contributed by atoms with van der Waals surface area (Å²) in [5.41, 5.74) is 5.78. The fourth-order valence-electron chi connectivity index (χ4n) is 2.49. The topological polar surface area (TPSA) is 63.8 Å². The highest BCUT2D eigenvalue weighted by atomic mass is 32.1. The van der Waals surface area contributed by atoms with Crippen molar-refractivity contribution < 1.29 is 0 Å². The van der Waals surface area contributed by atoms with Gasteiger partial charge in [-0.15, -0.1) is 11.3 Å². The number of hydrogen-bond acceptors (Lipinski definition) is 5. The number of nitrogens with two attached hydrogens (primary N) is 1. The van der Waals surface area contributed by atoms with E-state index in [4.69, 9.17) is 5.73 Å². The summed E-state index contributed by atoms with van der Waals surface area (Å²) >= 11 is 1.71. The van der Waals surface area contributed by atoms with Gasteiger partial charge in [-0.25, -0.2) is 4.98 Å². The van der Waals surface area contributed by atoms with Gasteiger partial charge in [0.2, 0.25) is 5.95 Å². The number of anilines is 2. The number of hydrogen-bond donors (Lipinski definition) is 2. The molecule has 2 aromatic rings. The van der Waals surface area contributed by atoms with Gasteiger partial charge in [-0.3, -0.25) is 0 Å². The number of aromatic nitrogens is 2. The quantitative estimate of drug-likeness (QED) is 0.892. The minimum atomic E-state index is 0.363. The van der Waals surface area contributed by atoms with E-state index in [1.807, 2.05) is 0 Å². The molecule has 2 heterocycles. The molecule has 0 aliphatic heterocycles. The van der Waals surface area contributed by atoms with E-state index in [0.29, 0.717) is 12.0 Å². The van der Waals surface area contributed by atoms with Crippen LogP contribution in [0.3, 0.4) is 0 Å². The molecule has 0 amide bonds. The third kappa shape index (κ3) is 2.03. The highest BCUT2D eigenvalue weighted by Crippen LogP contribution is 2.34. The van der Waals surface area contributed by atoms with E-state index >= 15 is 0 Å². The Labute approximate surface area is 111 Å². The lowest BCUT2D eigenvalue weighted by Gasteiger charge is -2.33. The van der Waals surface area contributed by atoms with Crippen LogP contribution in [0.25, 0.3) is 10.2 Å². The van der Waals surface area contributed by atoms with Gasteiger partial charge in [0.25, 0.3) is 0 Å². The summed E-state index contributed by atoms with van der Waals surface area (Å²) < 4.78 is 0. The second-order valence-electron chi connectivity index (χ2n) is 5.13. The summed E-state index contributed by atoms with van der Waals surface area (Å²) in [5, 5.41) is 4.62. The summed E-state index contributed by atoms with van der Waals surface area (Å²) in [4.78, 5) is 11.0. The molecule has 1 aliphatic carbocycles. The number of nitrogen functional groups attached to an aromatic ring is 1. The average Bonchev–Trinajstić information content (AvgIpc) is 2.69. The monoisotopic (exact) mass is 262 g/mol. The maximum absolute atomic E-state index is 5.78. The van der Waals surface area contributed by atoms with Crippen LogP contribution in [0.5, 0.6) is 0 Å². The van der Waals surface area contributed by atoms with Gasteiger partial charge in [0.1, 0.15) is 10.6 Å². The first-order valence-corrected chi connectivity index (χ1v) is 7.29. The van der Waals surface area contributed by atoms with Gasteiger partial charge in [-0.2, -0.15) is 4.98 Å². The van der Waals surface area contributed by atoms with Crippen LogP contribution in [0.2, 0.25) is 0 Å². The number of rotatable bonds is 3. The van der Waals surface area contributed by atoms with Gasteiger partial charge < -0.3 is 11.1 Å². The molecule has 0 spiro atoms. The van der Waals surface area contributed by atoms with Crippen molar-refractivity contribution in [2.45, 2.75) is 39.2 Å². The average molecular weight is 262 g/mol. The molecule has 3 N–H and O–H groups in total. The van der Waals surface area contributed by atoms with Crippen LogP contribution in [-0.4, -0.2) is 16.0 Å². The van der Waals surface area contributed by atoms with Gasteiger partial charge in [0.15, 0.2) is 0 Å². The second-order valence-corrected chi connectivity index (χ2v) is 6.25. The van der Waals surface area contributed by atoms with Crippen molar-refractivity contribution in [3.8, 4) is 0 Å². The molecule has 0 bridgehead atoms. The summed E-state index contributed by atoms with van der Waals surface area (Å²) in [5.74, 6) is 2.10. The van der Waals surface area contributed by atoms with E-state index in [1.165, 1.54) is 17.7 Å². The van der Waals surface area contributed by atoms with Crippen molar-refractivity contribution >= 4 is 33.3 Å². The fraction of sp³-hybridized carbons (Fsp3) is 0.538. The molecular formula is C13H18N4S. The van der Waals surface area contributed by atoms with E-state index in [2.05, 4.69) is 35.2 Å². The first kappa shape index (κ1) is 11.7. The van der Waals surface area contributed by atoms with E-state index < -0.39 is 0 Å². The molecule has 0 unspecified atom stereocenters. The fourth-order valence-corrected chi connectivity index (χ4v) is 3.46. The van der Waals surface area contributed by atoms with Gasteiger partial charge in [0, 0.05) is 10.9 Å². The van der Waals surface area contributed by atoms with E-state index in [9.17, 15) is 0 Å². The van der Waals surface area contributed by atoms with E-state index in [1.54, 1.807) is 11.3 Å². The smallest absolute Gasteiger partial charge is 0.223 e. The van der Waals surface area contributed by atoms with Gasteiger partial charge in [-0.1, -0.05) is 13.8 Å².